The molecule has 2 aromatic rings. The lowest BCUT2D eigenvalue weighted by Gasteiger charge is -2.00. The number of carbonyl (C=O) groups is 1. The van der Waals surface area contributed by atoms with E-state index in [1.165, 1.54) is 0 Å². The Balaban J connectivity index is 2.01. The van der Waals surface area contributed by atoms with E-state index in [-0.39, 0.29) is 5.97 Å². The molecule has 0 saturated carbocycles. The number of carbonyl (C=O) groups excluding carboxylic acids is 1. The minimum absolute atomic E-state index is 0.308. The van der Waals surface area contributed by atoms with Crippen molar-refractivity contribution >= 4 is 17.6 Å². The number of esters is 1. The van der Waals surface area contributed by atoms with Crippen LogP contribution in [0.25, 0.3) is 11.6 Å². The summed E-state index contributed by atoms with van der Waals surface area (Å²) < 4.78 is 10.3. The minimum Gasteiger partial charge on any atom is -0.497 e. The van der Waals surface area contributed by atoms with E-state index in [1.54, 1.807) is 13.2 Å². The van der Waals surface area contributed by atoms with Gasteiger partial charge in [-0.15, -0.1) is 0 Å². The molecule has 0 aliphatic carbocycles. The second-order valence-corrected chi connectivity index (χ2v) is 4.22. The van der Waals surface area contributed by atoms with Crippen molar-refractivity contribution in [1.29, 1.82) is 0 Å². The van der Waals surface area contributed by atoms with E-state index >= 15 is 0 Å². The van der Waals surface area contributed by atoms with Gasteiger partial charge in [-0.3, -0.25) is 0 Å². The van der Waals surface area contributed by atoms with Crippen LogP contribution in [0.4, 0.5) is 0 Å². The lowest BCUT2D eigenvalue weighted by Crippen LogP contribution is -2.00. The second kappa shape index (κ2) is 4.61. The average Bonchev–Trinajstić information content (AvgIpc) is 2.76. The molecule has 0 amide bonds. The molecule has 3 nitrogen and oxygen atoms in total. The molecule has 1 aliphatic heterocycles. The van der Waals surface area contributed by atoms with Crippen LogP contribution in [-0.2, 0) is 4.79 Å². The number of fused-ring (bicyclic) bond motifs is 1. The van der Waals surface area contributed by atoms with Gasteiger partial charge >= 0.3 is 5.97 Å². The molecule has 0 fully saturated rings. The SMILES string of the molecule is COc1ccc(/C=C2\C(=O)Oc3ccccc32)cc1. The maximum Gasteiger partial charge on any atom is 0.344 e. The number of methoxy groups -OCH3 is 1. The number of rotatable bonds is 2. The first-order chi connectivity index (χ1) is 9.28. The molecule has 1 aliphatic rings. The summed E-state index contributed by atoms with van der Waals surface area (Å²) in [4.78, 5) is 11.8. The number of benzene rings is 2. The third-order valence-corrected chi connectivity index (χ3v) is 3.03. The van der Waals surface area contributed by atoms with Crippen LogP contribution in [0.1, 0.15) is 11.1 Å². The van der Waals surface area contributed by atoms with Crippen molar-refractivity contribution in [1.82, 2.24) is 0 Å². The van der Waals surface area contributed by atoms with Gasteiger partial charge in [-0.25, -0.2) is 4.79 Å². The summed E-state index contributed by atoms with van der Waals surface area (Å²) in [6.45, 7) is 0. The standard InChI is InChI=1S/C16H12O3/c1-18-12-8-6-11(7-9-12)10-14-13-4-2-3-5-15(13)19-16(14)17/h2-10H,1H3/b14-10-. The number of para-hydroxylation sites is 1. The van der Waals surface area contributed by atoms with Gasteiger partial charge in [0.2, 0.25) is 0 Å². The van der Waals surface area contributed by atoms with Crippen molar-refractivity contribution in [2.24, 2.45) is 0 Å². The molecular formula is C16H12O3. The maximum atomic E-state index is 11.8. The van der Waals surface area contributed by atoms with Crippen LogP contribution in [0.2, 0.25) is 0 Å². The highest BCUT2D eigenvalue weighted by Gasteiger charge is 2.25. The zero-order chi connectivity index (χ0) is 13.2. The summed E-state index contributed by atoms with van der Waals surface area (Å²) in [7, 11) is 1.62. The van der Waals surface area contributed by atoms with Crippen molar-refractivity contribution in [3.8, 4) is 11.5 Å². The summed E-state index contributed by atoms with van der Waals surface area (Å²) in [5.74, 6) is 1.10. The van der Waals surface area contributed by atoms with Gasteiger partial charge in [-0.2, -0.15) is 0 Å². The number of hydrogen-bond acceptors (Lipinski definition) is 3. The third-order valence-electron chi connectivity index (χ3n) is 3.03. The first-order valence-electron chi connectivity index (χ1n) is 5.95. The molecule has 1 heterocycles. The van der Waals surface area contributed by atoms with Crippen LogP contribution in [-0.4, -0.2) is 13.1 Å². The third kappa shape index (κ3) is 2.10. The molecule has 0 spiro atoms. The van der Waals surface area contributed by atoms with Gasteiger partial charge in [0.05, 0.1) is 12.7 Å². The van der Waals surface area contributed by atoms with Crippen LogP contribution in [0, 0.1) is 0 Å². The van der Waals surface area contributed by atoms with Crippen molar-refractivity contribution in [2.75, 3.05) is 7.11 Å². The Kier molecular flexibility index (Phi) is 2.80. The monoisotopic (exact) mass is 252 g/mol. The molecule has 3 heteroatoms. The fourth-order valence-corrected chi connectivity index (χ4v) is 2.05. The molecule has 0 aromatic heterocycles. The van der Waals surface area contributed by atoms with Crippen LogP contribution in [0.3, 0.4) is 0 Å². The van der Waals surface area contributed by atoms with Crippen molar-refractivity contribution in [3.63, 3.8) is 0 Å². The highest BCUT2D eigenvalue weighted by Crippen LogP contribution is 2.34. The summed E-state index contributed by atoms with van der Waals surface area (Å²) in [6, 6.07) is 14.9. The first kappa shape index (κ1) is 11.5. The quantitative estimate of drug-likeness (QED) is 0.468. The van der Waals surface area contributed by atoms with Gasteiger partial charge in [0.25, 0.3) is 0 Å². The molecule has 3 rings (SSSR count). The summed E-state index contributed by atoms with van der Waals surface area (Å²) in [6.07, 6.45) is 1.83. The Morgan fingerprint density at radius 1 is 1.05 bits per heavy atom. The average molecular weight is 252 g/mol. The predicted molar refractivity (Wildman–Crippen MR) is 72.9 cm³/mol. The number of hydrogen-bond donors (Lipinski definition) is 0. The van der Waals surface area contributed by atoms with E-state index in [9.17, 15) is 4.79 Å². The van der Waals surface area contributed by atoms with Gasteiger partial charge in [0, 0.05) is 5.56 Å². The van der Waals surface area contributed by atoms with Crippen LogP contribution < -0.4 is 9.47 Å². The zero-order valence-corrected chi connectivity index (χ0v) is 10.4. The maximum absolute atomic E-state index is 11.8. The molecule has 19 heavy (non-hydrogen) atoms. The van der Waals surface area contributed by atoms with Gasteiger partial charge < -0.3 is 9.47 Å². The Morgan fingerprint density at radius 3 is 2.53 bits per heavy atom. The van der Waals surface area contributed by atoms with E-state index in [4.69, 9.17) is 9.47 Å². The highest BCUT2D eigenvalue weighted by molar-refractivity contribution is 6.25. The van der Waals surface area contributed by atoms with Crippen molar-refractivity contribution in [3.05, 3.63) is 59.7 Å². The summed E-state index contributed by atoms with van der Waals surface area (Å²) in [5, 5.41) is 0. The number of ether oxygens (including phenoxy) is 2. The Bertz CT molecular complexity index is 654. The largest absolute Gasteiger partial charge is 0.497 e. The molecule has 94 valence electrons. The van der Waals surface area contributed by atoms with Gasteiger partial charge in [0.1, 0.15) is 11.5 Å². The Labute approximate surface area is 111 Å². The molecule has 0 bridgehead atoms. The van der Waals surface area contributed by atoms with Crippen LogP contribution in [0.15, 0.2) is 48.5 Å². The summed E-state index contributed by atoms with van der Waals surface area (Å²) in [5.41, 5.74) is 2.36. The van der Waals surface area contributed by atoms with Crippen molar-refractivity contribution < 1.29 is 14.3 Å². The zero-order valence-electron chi connectivity index (χ0n) is 10.4. The molecule has 0 N–H and O–H groups in total. The van der Waals surface area contributed by atoms with E-state index < -0.39 is 0 Å². The fourth-order valence-electron chi connectivity index (χ4n) is 2.05. The van der Waals surface area contributed by atoms with Gasteiger partial charge in [0.15, 0.2) is 0 Å². The lowest BCUT2D eigenvalue weighted by atomic mass is 10.0. The van der Waals surface area contributed by atoms with Crippen molar-refractivity contribution in [2.45, 2.75) is 0 Å². The minimum atomic E-state index is -0.308. The van der Waals surface area contributed by atoms with E-state index in [1.807, 2.05) is 48.5 Å². The van der Waals surface area contributed by atoms with Crippen LogP contribution >= 0.6 is 0 Å². The highest BCUT2D eigenvalue weighted by atomic mass is 16.5. The second-order valence-electron chi connectivity index (χ2n) is 4.22. The molecule has 0 radical (unpaired) electrons. The lowest BCUT2D eigenvalue weighted by molar-refractivity contribution is -0.126. The summed E-state index contributed by atoms with van der Waals surface area (Å²) >= 11 is 0. The smallest absolute Gasteiger partial charge is 0.344 e. The van der Waals surface area contributed by atoms with E-state index in [2.05, 4.69) is 0 Å². The normalized spacial score (nSPS) is 15.2. The Hall–Kier alpha value is -2.55. The van der Waals surface area contributed by atoms with E-state index in [0.717, 1.165) is 16.9 Å². The van der Waals surface area contributed by atoms with Crippen LogP contribution in [0.5, 0.6) is 11.5 Å². The van der Waals surface area contributed by atoms with Gasteiger partial charge in [-0.05, 0) is 29.8 Å². The fraction of sp³-hybridized carbons (Fsp3) is 0.0625. The molecule has 2 aromatic carbocycles. The predicted octanol–water partition coefficient (Wildman–Crippen LogP) is 3.15. The topological polar surface area (TPSA) is 35.5 Å². The first-order valence-corrected chi connectivity index (χ1v) is 5.95. The van der Waals surface area contributed by atoms with E-state index in [0.29, 0.717) is 11.3 Å². The molecule has 0 atom stereocenters. The molecular weight excluding hydrogens is 240 g/mol. The Morgan fingerprint density at radius 2 is 1.79 bits per heavy atom. The molecule has 0 saturated heterocycles. The molecule has 0 unspecified atom stereocenters. The van der Waals surface area contributed by atoms with Gasteiger partial charge in [-0.1, -0.05) is 30.3 Å².